The Hall–Kier alpha value is -1.97. The molecule has 1 aromatic carbocycles. The second-order valence-corrected chi connectivity index (χ2v) is 8.85. The van der Waals surface area contributed by atoms with Gasteiger partial charge in [0.25, 0.3) is 0 Å². The van der Waals surface area contributed by atoms with Crippen LogP contribution < -0.4 is 4.74 Å². The number of hydrogen-bond acceptors (Lipinski definition) is 5. The first kappa shape index (κ1) is 21.3. The maximum Gasteiger partial charge on any atom is 0.322 e. The van der Waals surface area contributed by atoms with Gasteiger partial charge in [-0.25, -0.2) is 13.4 Å². The Bertz CT molecular complexity index is 900. The Labute approximate surface area is 167 Å². The highest BCUT2D eigenvalue weighted by Crippen LogP contribution is 2.27. The number of sulfonamides is 1. The van der Waals surface area contributed by atoms with Crippen molar-refractivity contribution in [1.82, 2.24) is 9.29 Å². The molecule has 1 atom stereocenters. The number of aromatic nitrogens is 1. The second kappa shape index (κ2) is 8.81. The first-order valence-electron chi connectivity index (χ1n) is 8.16. The molecule has 0 unspecified atom stereocenters. The lowest BCUT2D eigenvalue weighted by atomic mass is 10.0. The van der Waals surface area contributed by atoms with Gasteiger partial charge < -0.3 is 9.84 Å². The van der Waals surface area contributed by atoms with Crippen LogP contribution in [-0.2, 0) is 21.4 Å². The first-order chi connectivity index (χ1) is 12.7. The third-order valence-corrected chi connectivity index (χ3v) is 6.58. The van der Waals surface area contributed by atoms with Gasteiger partial charge in [0.15, 0.2) is 0 Å². The molecule has 0 saturated heterocycles. The van der Waals surface area contributed by atoms with E-state index in [2.05, 4.69) is 20.9 Å². The zero-order chi connectivity index (χ0) is 20.2. The van der Waals surface area contributed by atoms with Crippen LogP contribution >= 0.6 is 15.9 Å². The van der Waals surface area contributed by atoms with Crippen molar-refractivity contribution in [2.45, 2.75) is 31.3 Å². The standard InChI is InChI=1S/C18H21BrN2O5S/c1-12(2)16(18(22)23)21(11-13-5-4-10-20-17(13)19)27(24,25)15-8-6-14(26-3)7-9-15/h4-10,12,16H,11H2,1-3H3,(H,22,23)/t16-/m1/s1. The van der Waals surface area contributed by atoms with E-state index in [9.17, 15) is 18.3 Å². The van der Waals surface area contributed by atoms with Gasteiger partial charge in [-0.1, -0.05) is 19.9 Å². The predicted octanol–water partition coefficient (Wildman–Crippen LogP) is 3.15. The number of aliphatic carboxylic acids is 1. The first-order valence-corrected chi connectivity index (χ1v) is 10.4. The van der Waals surface area contributed by atoms with Crippen LogP contribution in [0.5, 0.6) is 5.75 Å². The van der Waals surface area contributed by atoms with Crippen molar-refractivity contribution in [3.63, 3.8) is 0 Å². The summed E-state index contributed by atoms with van der Waals surface area (Å²) in [6.07, 6.45) is 1.56. The SMILES string of the molecule is COc1ccc(S(=O)(=O)N(Cc2cccnc2Br)[C@@H](C(=O)O)C(C)C)cc1. The van der Waals surface area contributed by atoms with Gasteiger partial charge in [0.1, 0.15) is 16.4 Å². The maximum atomic E-state index is 13.3. The molecule has 0 radical (unpaired) electrons. The molecular formula is C18H21BrN2O5S. The Morgan fingerprint density at radius 3 is 2.37 bits per heavy atom. The number of carboxylic acid groups (broad SMARTS) is 1. The fraction of sp³-hybridized carbons (Fsp3) is 0.333. The van der Waals surface area contributed by atoms with E-state index < -0.39 is 28.0 Å². The van der Waals surface area contributed by atoms with Gasteiger partial charge in [0.05, 0.1) is 12.0 Å². The molecule has 0 saturated carbocycles. The lowest BCUT2D eigenvalue weighted by Gasteiger charge is -2.30. The topological polar surface area (TPSA) is 96.8 Å². The van der Waals surface area contributed by atoms with Crippen LogP contribution in [0.15, 0.2) is 52.1 Å². The zero-order valence-electron chi connectivity index (χ0n) is 15.2. The Morgan fingerprint density at radius 2 is 1.89 bits per heavy atom. The van der Waals surface area contributed by atoms with Crippen molar-refractivity contribution >= 4 is 31.9 Å². The number of halogens is 1. The van der Waals surface area contributed by atoms with Gasteiger partial charge in [-0.15, -0.1) is 0 Å². The van der Waals surface area contributed by atoms with E-state index in [4.69, 9.17) is 4.74 Å². The van der Waals surface area contributed by atoms with E-state index in [1.165, 1.54) is 31.4 Å². The van der Waals surface area contributed by atoms with Gasteiger partial charge in [-0.05, 0) is 52.2 Å². The summed E-state index contributed by atoms with van der Waals surface area (Å²) in [6, 6.07) is 7.99. The lowest BCUT2D eigenvalue weighted by molar-refractivity contribution is -0.143. The quantitative estimate of drug-likeness (QED) is 0.612. The van der Waals surface area contributed by atoms with Crippen LogP contribution in [0.3, 0.4) is 0 Å². The van der Waals surface area contributed by atoms with Crippen LogP contribution in [0.1, 0.15) is 19.4 Å². The summed E-state index contributed by atoms with van der Waals surface area (Å²) in [6.45, 7) is 3.22. The van der Waals surface area contributed by atoms with Crippen LogP contribution in [0.4, 0.5) is 0 Å². The van der Waals surface area contributed by atoms with Gasteiger partial charge in [0, 0.05) is 18.3 Å². The number of hydrogen-bond donors (Lipinski definition) is 1. The number of methoxy groups -OCH3 is 1. The van der Waals surface area contributed by atoms with Crippen LogP contribution in [0, 0.1) is 5.92 Å². The number of carboxylic acids is 1. The molecule has 1 heterocycles. The van der Waals surface area contributed by atoms with Crippen molar-refractivity contribution in [1.29, 1.82) is 0 Å². The number of rotatable bonds is 8. The van der Waals surface area contributed by atoms with Gasteiger partial charge in [-0.3, -0.25) is 4.79 Å². The molecule has 0 aliphatic rings. The Balaban J connectivity index is 2.55. The summed E-state index contributed by atoms with van der Waals surface area (Å²) < 4.78 is 33.1. The van der Waals surface area contributed by atoms with E-state index in [1.54, 1.807) is 32.2 Å². The third kappa shape index (κ3) is 4.85. The minimum absolute atomic E-state index is 0.00443. The number of nitrogens with zero attached hydrogens (tertiary/aromatic N) is 2. The maximum absolute atomic E-state index is 13.3. The summed E-state index contributed by atoms with van der Waals surface area (Å²) in [5.41, 5.74) is 0.571. The molecule has 27 heavy (non-hydrogen) atoms. The molecule has 7 nitrogen and oxygen atoms in total. The number of benzene rings is 1. The highest BCUT2D eigenvalue weighted by molar-refractivity contribution is 9.10. The molecule has 0 aliphatic carbocycles. The fourth-order valence-corrected chi connectivity index (χ4v) is 4.73. The van der Waals surface area contributed by atoms with Gasteiger partial charge >= 0.3 is 5.97 Å². The zero-order valence-corrected chi connectivity index (χ0v) is 17.6. The molecule has 146 valence electrons. The fourth-order valence-electron chi connectivity index (χ4n) is 2.66. The Morgan fingerprint density at radius 1 is 1.26 bits per heavy atom. The minimum atomic E-state index is -4.08. The van der Waals surface area contributed by atoms with E-state index >= 15 is 0 Å². The summed E-state index contributed by atoms with van der Waals surface area (Å²) >= 11 is 3.29. The van der Waals surface area contributed by atoms with Gasteiger partial charge in [0.2, 0.25) is 10.0 Å². The lowest BCUT2D eigenvalue weighted by Crippen LogP contribution is -2.47. The summed E-state index contributed by atoms with van der Waals surface area (Å²) in [7, 11) is -2.60. The summed E-state index contributed by atoms with van der Waals surface area (Å²) in [4.78, 5) is 16.0. The molecule has 0 spiro atoms. The molecule has 0 fully saturated rings. The molecular weight excluding hydrogens is 436 g/mol. The molecule has 0 aliphatic heterocycles. The summed E-state index contributed by atoms with van der Waals surface area (Å²) in [5, 5.41) is 9.70. The highest BCUT2D eigenvalue weighted by Gasteiger charge is 2.38. The molecule has 1 N–H and O–H groups in total. The summed E-state index contributed by atoms with van der Waals surface area (Å²) in [5.74, 6) is -1.14. The van der Waals surface area contributed by atoms with Crippen molar-refractivity contribution in [3.05, 3.63) is 52.8 Å². The second-order valence-electron chi connectivity index (χ2n) is 6.21. The number of pyridine rings is 1. The molecule has 0 bridgehead atoms. The average molecular weight is 457 g/mol. The Kier molecular flexibility index (Phi) is 6.96. The third-order valence-electron chi connectivity index (χ3n) is 4.02. The van der Waals surface area contributed by atoms with Crippen LogP contribution in [-0.4, -0.2) is 41.9 Å². The monoisotopic (exact) mass is 456 g/mol. The smallest absolute Gasteiger partial charge is 0.322 e. The molecule has 9 heteroatoms. The average Bonchev–Trinajstić information content (AvgIpc) is 2.62. The van der Waals surface area contributed by atoms with Crippen LogP contribution in [0.2, 0.25) is 0 Å². The van der Waals surface area contributed by atoms with Crippen molar-refractivity contribution < 1.29 is 23.1 Å². The van der Waals surface area contributed by atoms with E-state index in [0.29, 0.717) is 15.9 Å². The molecule has 1 aromatic heterocycles. The molecule has 2 aromatic rings. The highest BCUT2D eigenvalue weighted by atomic mass is 79.9. The van der Waals surface area contributed by atoms with Crippen molar-refractivity contribution in [2.75, 3.05) is 7.11 Å². The predicted molar refractivity (Wildman–Crippen MR) is 104 cm³/mol. The molecule has 0 amide bonds. The van der Waals surface area contributed by atoms with E-state index in [-0.39, 0.29) is 11.4 Å². The van der Waals surface area contributed by atoms with Crippen LogP contribution in [0.25, 0.3) is 0 Å². The largest absolute Gasteiger partial charge is 0.497 e. The number of carbonyl (C=O) groups is 1. The van der Waals surface area contributed by atoms with E-state index in [0.717, 1.165) is 4.31 Å². The normalized spacial score (nSPS) is 13.0. The van der Waals surface area contributed by atoms with E-state index in [1.807, 2.05) is 0 Å². The van der Waals surface area contributed by atoms with Crippen molar-refractivity contribution in [2.24, 2.45) is 5.92 Å². The van der Waals surface area contributed by atoms with Gasteiger partial charge in [-0.2, -0.15) is 4.31 Å². The number of ether oxygens (including phenoxy) is 1. The molecule has 2 rings (SSSR count). The minimum Gasteiger partial charge on any atom is -0.497 e. The van der Waals surface area contributed by atoms with Crippen molar-refractivity contribution in [3.8, 4) is 5.75 Å².